The summed E-state index contributed by atoms with van der Waals surface area (Å²) in [6.45, 7) is 9.81. The van der Waals surface area contributed by atoms with E-state index in [0.717, 1.165) is 6.42 Å². The van der Waals surface area contributed by atoms with Gasteiger partial charge in [0.15, 0.2) is 5.57 Å². The van der Waals surface area contributed by atoms with Gasteiger partial charge in [0, 0.05) is 45.5 Å². The highest BCUT2D eigenvalue weighted by Gasteiger charge is 2.22. The third kappa shape index (κ3) is 5.47. The molecule has 7 heteroatoms. The van der Waals surface area contributed by atoms with Gasteiger partial charge in [-0.05, 0) is 27.2 Å². The van der Waals surface area contributed by atoms with Gasteiger partial charge in [-0.1, -0.05) is 0 Å². The second kappa shape index (κ2) is 9.72. The predicted octanol–water partition coefficient (Wildman–Crippen LogP) is 1.43. The lowest BCUT2D eigenvalue weighted by Gasteiger charge is -2.28. The van der Waals surface area contributed by atoms with Gasteiger partial charge in [-0.15, -0.1) is 0 Å². The Morgan fingerprint density at radius 2 is 1.87 bits per heavy atom. The Morgan fingerprint density at radius 3 is 2.43 bits per heavy atom. The minimum Gasteiger partial charge on any atom is -0.462 e. The van der Waals surface area contributed by atoms with E-state index < -0.39 is 5.97 Å². The summed E-state index contributed by atoms with van der Waals surface area (Å²) in [7, 11) is 0. The van der Waals surface area contributed by atoms with Crippen LogP contribution < -0.4 is 0 Å². The molecule has 0 bridgehead atoms. The van der Waals surface area contributed by atoms with Crippen molar-refractivity contribution in [1.82, 2.24) is 14.7 Å². The molecule has 0 saturated carbocycles. The average Bonchev–Trinajstić information content (AvgIpc) is 2.79. The zero-order valence-electron chi connectivity index (χ0n) is 14.2. The molecular weight excluding hydrogens is 296 g/mol. The Balaban J connectivity index is 2.70. The molecule has 1 heterocycles. The van der Waals surface area contributed by atoms with Gasteiger partial charge in [0.2, 0.25) is 0 Å². The monoisotopic (exact) mass is 322 g/mol. The van der Waals surface area contributed by atoms with E-state index >= 15 is 0 Å². The van der Waals surface area contributed by atoms with Crippen LogP contribution in [0.15, 0.2) is 11.8 Å². The number of hydrogen-bond donors (Lipinski definition) is 0. The number of amides is 2. The highest BCUT2D eigenvalue weighted by atomic mass is 16.5. The van der Waals surface area contributed by atoms with Crippen molar-refractivity contribution < 1.29 is 14.3 Å². The number of nitrogens with zero attached hydrogens (tertiary/aromatic N) is 4. The van der Waals surface area contributed by atoms with Crippen molar-refractivity contribution in [3.05, 3.63) is 11.8 Å². The normalized spacial score (nSPS) is 15.7. The number of urea groups is 1. The highest BCUT2D eigenvalue weighted by Crippen LogP contribution is 2.09. The molecule has 1 fully saturated rings. The van der Waals surface area contributed by atoms with E-state index in [9.17, 15) is 9.59 Å². The standard InChI is InChI=1S/C16H26N4O3/c1-4-19(5-2)16(22)20-9-7-8-18(10-11-20)13-14(12-17)15(21)23-6-3/h13H,4-11H2,1-3H3/b14-13+. The van der Waals surface area contributed by atoms with Crippen molar-refractivity contribution in [3.63, 3.8) is 0 Å². The molecule has 0 aliphatic carbocycles. The molecule has 1 rings (SSSR count). The predicted molar refractivity (Wildman–Crippen MR) is 86.4 cm³/mol. The van der Waals surface area contributed by atoms with Crippen molar-refractivity contribution in [3.8, 4) is 6.07 Å². The Hall–Kier alpha value is -2.23. The Bertz CT molecular complexity index is 480. The molecule has 23 heavy (non-hydrogen) atoms. The molecule has 7 nitrogen and oxygen atoms in total. The molecule has 2 amide bonds. The molecule has 1 aliphatic rings. The Labute approximate surface area is 138 Å². The fraction of sp³-hybridized carbons (Fsp3) is 0.688. The second-order valence-corrected chi connectivity index (χ2v) is 5.21. The summed E-state index contributed by atoms with van der Waals surface area (Å²) in [5, 5.41) is 9.08. The summed E-state index contributed by atoms with van der Waals surface area (Å²) in [5.41, 5.74) is -0.00429. The summed E-state index contributed by atoms with van der Waals surface area (Å²) in [4.78, 5) is 29.6. The average molecular weight is 322 g/mol. The summed E-state index contributed by atoms with van der Waals surface area (Å²) in [5.74, 6) is -0.602. The van der Waals surface area contributed by atoms with Crippen LogP contribution in [0.4, 0.5) is 4.79 Å². The van der Waals surface area contributed by atoms with E-state index in [2.05, 4.69) is 0 Å². The molecule has 0 atom stereocenters. The number of carbonyl (C=O) groups excluding carboxylic acids is 2. The first-order chi connectivity index (χ1) is 11.1. The van der Waals surface area contributed by atoms with Crippen LogP contribution in [0.25, 0.3) is 0 Å². The van der Waals surface area contributed by atoms with Gasteiger partial charge in [0.1, 0.15) is 6.07 Å². The van der Waals surface area contributed by atoms with Gasteiger partial charge in [-0.2, -0.15) is 5.26 Å². The topological polar surface area (TPSA) is 76.9 Å². The Kier molecular flexibility index (Phi) is 7.95. The van der Waals surface area contributed by atoms with Crippen LogP contribution in [0, 0.1) is 11.3 Å². The van der Waals surface area contributed by atoms with Gasteiger partial charge < -0.3 is 19.4 Å². The number of nitriles is 1. The van der Waals surface area contributed by atoms with Gasteiger partial charge in [0.05, 0.1) is 6.61 Å². The van der Waals surface area contributed by atoms with Crippen molar-refractivity contribution in [2.45, 2.75) is 27.2 Å². The molecule has 0 N–H and O–H groups in total. The van der Waals surface area contributed by atoms with Gasteiger partial charge in [-0.3, -0.25) is 0 Å². The van der Waals surface area contributed by atoms with Crippen LogP contribution in [0.1, 0.15) is 27.2 Å². The largest absolute Gasteiger partial charge is 0.462 e. The molecule has 1 saturated heterocycles. The maximum absolute atomic E-state index is 12.4. The van der Waals surface area contributed by atoms with E-state index in [1.54, 1.807) is 18.0 Å². The lowest BCUT2D eigenvalue weighted by atomic mass is 10.3. The summed E-state index contributed by atoms with van der Waals surface area (Å²) >= 11 is 0. The van der Waals surface area contributed by atoms with Crippen LogP contribution in [-0.2, 0) is 9.53 Å². The van der Waals surface area contributed by atoms with Gasteiger partial charge >= 0.3 is 12.0 Å². The van der Waals surface area contributed by atoms with E-state index in [4.69, 9.17) is 10.00 Å². The van der Waals surface area contributed by atoms with Crippen LogP contribution in [-0.4, -0.2) is 72.6 Å². The first-order valence-corrected chi connectivity index (χ1v) is 8.14. The van der Waals surface area contributed by atoms with Crippen molar-refractivity contribution in [2.75, 3.05) is 45.9 Å². The quantitative estimate of drug-likeness (QED) is 0.435. The fourth-order valence-corrected chi connectivity index (χ4v) is 2.47. The molecule has 1 aliphatic heterocycles. The minimum absolute atomic E-state index is 0.00429. The molecule has 128 valence electrons. The maximum Gasteiger partial charge on any atom is 0.350 e. The smallest absolute Gasteiger partial charge is 0.350 e. The zero-order valence-corrected chi connectivity index (χ0v) is 14.2. The summed E-state index contributed by atoms with van der Waals surface area (Å²) in [6, 6.07) is 1.93. The highest BCUT2D eigenvalue weighted by molar-refractivity contribution is 5.92. The van der Waals surface area contributed by atoms with E-state index in [1.165, 1.54) is 0 Å². The molecule has 0 unspecified atom stereocenters. The summed E-state index contributed by atoms with van der Waals surface area (Å²) < 4.78 is 4.86. The van der Waals surface area contributed by atoms with E-state index in [-0.39, 0.29) is 18.2 Å². The zero-order chi connectivity index (χ0) is 17.2. The van der Waals surface area contributed by atoms with Gasteiger partial charge in [0.25, 0.3) is 0 Å². The van der Waals surface area contributed by atoms with Crippen LogP contribution in [0.5, 0.6) is 0 Å². The van der Waals surface area contributed by atoms with Crippen molar-refractivity contribution in [2.24, 2.45) is 0 Å². The number of carbonyl (C=O) groups is 2. The van der Waals surface area contributed by atoms with E-state index in [0.29, 0.717) is 39.3 Å². The van der Waals surface area contributed by atoms with E-state index in [1.807, 2.05) is 29.7 Å². The first-order valence-electron chi connectivity index (χ1n) is 8.14. The molecule has 0 aromatic rings. The lowest BCUT2D eigenvalue weighted by molar-refractivity contribution is -0.138. The number of esters is 1. The molecule has 0 aromatic carbocycles. The molecule has 0 spiro atoms. The number of ether oxygens (including phenoxy) is 1. The second-order valence-electron chi connectivity index (χ2n) is 5.21. The third-order valence-electron chi connectivity index (χ3n) is 3.76. The Morgan fingerprint density at radius 1 is 1.17 bits per heavy atom. The maximum atomic E-state index is 12.4. The fourth-order valence-electron chi connectivity index (χ4n) is 2.47. The van der Waals surface area contributed by atoms with Crippen LogP contribution in [0.2, 0.25) is 0 Å². The molecular formula is C16H26N4O3. The van der Waals surface area contributed by atoms with Crippen LogP contribution >= 0.6 is 0 Å². The van der Waals surface area contributed by atoms with Gasteiger partial charge in [-0.25, -0.2) is 9.59 Å². The van der Waals surface area contributed by atoms with Crippen LogP contribution in [0.3, 0.4) is 0 Å². The van der Waals surface area contributed by atoms with Crippen molar-refractivity contribution >= 4 is 12.0 Å². The van der Waals surface area contributed by atoms with Crippen molar-refractivity contribution in [1.29, 1.82) is 5.26 Å². The summed E-state index contributed by atoms with van der Waals surface area (Å²) in [6.07, 6.45) is 2.34. The molecule has 0 radical (unpaired) electrons. The number of rotatable bonds is 5. The third-order valence-corrected chi connectivity index (χ3v) is 3.76. The lowest BCUT2D eigenvalue weighted by Crippen LogP contribution is -2.44. The molecule has 0 aromatic heterocycles. The SMILES string of the molecule is CCOC(=O)/C(C#N)=C/N1CCCN(C(=O)N(CC)CC)CC1. The number of hydrogen-bond acceptors (Lipinski definition) is 5. The first kappa shape index (κ1) is 18.8. The minimum atomic E-state index is -0.602.